The molecule has 6 aliphatic rings. The van der Waals surface area contributed by atoms with Crippen LogP contribution in [0, 0.1) is 68.0 Å². The van der Waals surface area contributed by atoms with Gasteiger partial charge in [-0.25, -0.2) is 0 Å². The molecule has 10 atom stereocenters. The van der Waals surface area contributed by atoms with E-state index in [2.05, 4.69) is 67.6 Å². The number of hydrogen-bond acceptors (Lipinski definition) is 6. The number of ketones is 1. The van der Waals surface area contributed by atoms with E-state index in [9.17, 15) is 19.5 Å². The van der Waals surface area contributed by atoms with Crippen LogP contribution in [0.1, 0.15) is 147 Å². The zero-order chi connectivity index (χ0) is 37.0. The second-order valence-corrected chi connectivity index (χ2v) is 21.2. The average molecular weight is 695 g/mol. The molecular formula is C43H70N2O5. The molecule has 0 aromatic heterocycles. The molecule has 0 bridgehead atoms. The second-order valence-electron chi connectivity index (χ2n) is 21.2. The molecule has 0 radical (unpaired) electrons. The van der Waals surface area contributed by atoms with Gasteiger partial charge in [-0.3, -0.25) is 14.4 Å². The highest BCUT2D eigenvalue weighted by atomic mass is 16.5. The third-order valence-electron chi connectivity index (χ3n) is 17.0. The van der Waals surface area contributed by atoms with E-state index in [0.717, 1.165) is 57.2 Å². The number of nitrogens with two attached hydrogens (primary N) is 1. The Bertz CT molecular complexity index is 1440. The minimum Gasteiger partial charge on any atom is -0.481 e. The van der Waals surface area contributed by atoms with E-state index in [-0.39, 0.29) is 56.5 Å². The highest BCUT2D eigenvalue weighted by Crippen LogP contribution is 2.77. The highest BCUT2D eigenvalue weighted by molar-refractivity contribution is 6.00. The summed E-state index contributed by atoms with van der Waals surface area (Å²) < 4.78 is 6.41. The lowest BCUT2D eigenvalue weighted by Gasteiger charge is -2.72. The number of ether oxygens (including phenoxy) is 1. The van der Waals surface area contributed by atoms with Crippen molar-refractivity contribution in [2.24, 2.45) is 73.7 Å². The topological polar surface area (TPSA) is 119 Å². The summed E-state index contributed by atoms with van der Waals surface area (Å²) in [4.78, 5) is 39.2. The van der Waals surface area contributed by atoms with Crippen LogP contribution in [-0.4, -0.2) is 47.6 Å². The van der Waals surface area contributed by atoms with E-state index < -0.39 is 17.3 Å². The van der Waals surface area contributed by atoms with Crippen molar-refractivity contribution in [2.75, 3.05) is 13.1 Å². The Hall–Kier alpha value is -1.73. The SMILES string of the molecule is CC(C)C1=C2C3CC[C@@H]4[C@@]5(C)CC[C@H](OC(=O)[C@H]6C[C@@H](C(=O)O)C6(C)C)C(C)(C)[C@@H]5CC[C@@]4(C)[C@]3(C)CCC2(CCNCC(C)(C)N)CC1=O. The lowest BCUT2D eigenvalue weighted by molar-refractivity contribution is -0.236. The van der Waals surface area contributed by atoms with Crippen LogP contribution in [0.5, 0.6) is 0 Å². The van der Waals surface area contributed by atoms with Gasteiger partial charge >= 0.3 is 11.9 Å². The molecule has 0 aromatic carbocycles. The molecule has 7 heteroatoms. The maximum absolute atomic E-state index is 13.9. The van der Waals surface area contributed by atoms with Gasteiger partial charge in [0.2, 0.25) is 0 Å². The molecule has 7 nitrogen and oxygen atoms in total. The predicted octanol–water partition coefficient (Wildman–Crippen LogP) is 8.34. The Kier molecular flexibility index (Phi) is 9.24. The van der Waals surface area contributed by atoms with E-state index >= 15 is 0 Å². The number of carboxylic acids is 1. The number of hydrogen-bond donors (Lipinski definition) is 3. The molecule has 5 fully saturated rings. The number of carbonyl (C=O) groups excluding carboxylic acids is 2. The van der Waals surface area contributed by atoms with Crippen LogP contribution in [0.2, 0.25) is 0 Å². The van der Waals surface area contributed by atoms with Crippen molar-refractivity contribution in [1.82, 2.24) is 5.32 Å². The lowest BCUT2D eigenvalue weighted by atomic mass is 9.33. The molecule has 282 valence electrons. The minimum atomic E-state index is -0.815. The van der Waals surface area contributed by atoms with Crippen LogP contribution in [-0.2, 0) is 19.1 Å². The number of carbonyl (C=O) groups is 3. The van der Waals surface area contributed by atoms with E-state index in [1.807, 2.05) is 13.8 Å². The molecule has 50 heavy (non-hydrogen) atoms. The Balaban J connectivity index is 1.25. The van der Waals surface area contributed by atoms with Crippen molar-refractivity contribution in [2.45, 2.75) is 158 Å². The van der Waals surface area contributed by atoms with Crippen molar-refractivity contribution >= 4 is 17.7 Å². The summed E-state index contributed by atoms with van der Waals surface area (Å²) >= 11 is 0. The molecule has 0 heterocycles. The molecule has 2 unspecified atom stereocenters. The number of rotatable bonds is 9. The van der Waals surface area contributed by atoms with Crippen LogP contribution < -0.4 is 11.1 Å². The van der Waals surface area contributed by atoms with Crippen molar-refractivity contribution < 1.29 is 24.2 Å². The van der Waals surface area contributed by atoms with E-state index in [1.165, 1.54) is 19.3 Å². The predicted molar refractivity (Wildman–Crippen MR) is 198 cm³/mol. The summed E-state index contributed by atoms with van der Waals surface area (Å²) in [6.07, 6.45) is 10.7. The average Bonchev–Trinajstić information content (AvgIpc) is 3.28. The molecule has 0 amide bonds. The van der Waals surface area contributed by atoms with Crippen LogP contribution >= 0.6 is 0 Å². The Morgan fingerprint density at radius 2 is 1.58 bits per heavy atom. The van der Waals surface area contributed by atoms with Crippen molar-refractivity contribution in [3.8, 4) is 0 Å². The van der Waals surface area contributed by atoms with Crippen molar-refractivity contribution in [3.63, 3.8) is 0 Å². The van der Waals surface area contributed by atoms with E-state index in [0.29, 0.717) is 36.4 Å². The van der Waals surface area contributed by atoms with Gasteiger partial charge < -0.3 is 20.9 Å². The van der Waals surface area contributed by atoms with Crippen LogP contribution in [0.4, 0.5) is 0 Å². The Labute approximate surface area is 303 Å². The summed E-state index contributed by atoms with van der Waals surface area (Å²) in [6.45, 7) is 26.6. The number of allylic oxidation sites excluding steroid dienone is 2. The van der Waals surface area contributed by atoms with Crippen LogP contribution in [0.15, 0.2) is 11.1 Å². The number of Topliss-reactive ketones (excluding diaryl/α,β-unsaturated/α-hetero) is 1. The van der Waals surface area contributed by atoms with Crippen molar-refractivity contribution in [3.05, 3.63) is 11.1 Å². The van der Waals surface area contributed by atoms with Gasteiger partial charge in [-0.1, -0.05) is 67.9 Å². The number of fused-ring (bicyclic) bond motifs is 7. The third-order valence-corrected chi connectivity index (χ3v) is 17.0. The largest absolute Gasteiger partial charge is 0.481 e. The molecule has 6 rings (SSSR count). The zero-order valence-electron chi connectivity index (χ0n) is 33.4. The molecule has 0 aromatic rings. The van der Waals surface area contributed by atoms with Gasteiger partial charge in [0, 0.05) is 29.3 Å². The molecule has 0 spiro atoms. The fraction of sp³-hybridized carbons (Fsp3) is 0.884. The van der Waals surface area contributed by atoms with E-state index in [4.69, 9.17) is 10.5 Å². The van der Waals surface area contributed by atoms with E-state index in [1.54, 1.807) is 5.57 Å². The quantitative estimate of drug-likeness (QED) is 0.164. The van der Waals surface area contributed by atoms with Gasteiger partial charge in [-0.2, -0.15) is 0 Å². The normalized spacial score (nSPS) is 43.3. The van der Waals surface area contributed by atoms with Gasteiger partial charge in [0.15, 0.2) is 5.78 Å². The minimum absolute atomic E-state index is 0.0275. The Morgan fingerprint density at radius 3 is 2.18 bits per heavy atom. The summed E-state index contributed by atoms with van der Waals surface area (Å²) in [5, 5.41) is 13.3. The molecule has 0 saturated heterocycles. The molecule has 4 N–H and O–H groups in total. The molecule has 5 saturated carbocycles. The Morgan fingerprint density at radius 1 is 0.900 bits per heavy atom. The first-order valence-corrected chi connectivity index (χ1v) is 20.2. The summed E-state index contributed by atoms with van der Waals surface area (Å²) in [5.41, 5.74) is 8.42. The summed E-state index contributed by atoms with van der Waals surface area (Å²) in [6, 6.07) is 0. The molecule has 0 aliphatic heterocycles. The highest BCUT2D eigenvalue weighted by Gasteiger charge is 2.70. The number of carboxylic acid groups (broad SMARTS) is 1. The van der Waals surface area contributed by atoms with Gasteiger partial charge in [-0.05, 0) is 136 Å². The van der Waals surface area contributed by atoms with Crippen LogP contribution in [0.25, 0.3) is 0 Å². The van der Waals surface area contributed by atoms with Gasteiger partial charge in [0.05, 0.1) is 11.8 Å². The number of aliphatic carboxylic acids is 1. The zero-order valence-corrected chi connectivity index (χ0v) is 33.4. The summed E-state index contributed by atoms with van der Waals surface area (Å²) in [5.74, 6) is 0.255. The fourth-order valence-electron chi connectivity index (χ4n) is 13.9. The fourth-order valence-corrected chi connectivity index (χ4v) is 13.9. The first-order chi connectivity index (χ1) is 23.0. The maximum Gasteiger partial charge on any atom is 0.309 e. The van der Waals surface area contributed by atoms with Crippen LogP contribution in [0.3, 0.4) is 0 Å². The van der Waals surface area contributed by atoms with Gasteiger partial charge in [0.1, 0.15) is 6.10 Å². The maximum atomic E-state index is 13.9. The monoisotopic (exact) mass is 695 g/mol. The van der Waals surface area contributed by atoms with Gasteiger partial charge in [-0.15, -0.1) is 0 Å². The molecule has 6 aliphatic carbocycles. The number of esters is 1. The molecular weight excluding hydrogens is 624 g/mol. The lowest BCUT2D eigenvalue weighted by Crippen LogP contribution is -2.66. The van der Waals surface area contributed by atoms with Crippen molar-refractivity contribution in [1.29, 1.82) is 0 Å². The summed E-state index contributed by atoms with van der Waals surface area (Å²) in [7, 11) is 0. The third kappa shape index (κ3) is 5.50. The first-order valence-electron chi connectivity index (χ1n) is 20.2. The van der Waals surface area contributed by atoms with Gasteiger partial charge in [0.25, 0.3) is 0 Å². The smallest absolute Gasteiger partial charge is 0.309 e. The number of nitrogens with one attached hydrogen (secondary N) is 1. The first kappa shape index (κ1) is 38.0. The standard InChI is InChI=1S/C43H70N2O5/c1-25(2)33-29(46)23-43(20-21-45-24-37(3,4)44)19-18-41(10)26(34(33)43)12-13-31-40(9)16-15-32(39(7,8)30(40)14-17-42(31,41)11)50-36(49)28-22-27(35(47)48)38(28,5)6/h25-28,30-32,45H,12-24,44H2,1-11H3,(H,47,48)/t26?,27-,28+,30-,31+,32-,40-,41+,42+,43?/m0/s1. The second kappa shape index (κ2) is 12.1.